The summed E-state index contributed by atoms with van der Waals surface area (Å²) in [6.45, 7) is 5.03. The SMILES string of the molecule is CN(Cc1cccc(N2CCCC2)c1)C(=O)c1cc(Br)cc(N2CCCC2)c1. The molecule has 2 aliphatic heterocycles. The van der Waals surface area contributed by atoms with E-state index in [1.54, 1.807) is 0 Å². The second-order valence-corrected chi connectivity index (χ2v) is 8.83. The maximum atomic E-state index is 13.1. The van der Waals surface area contributed by atoms with Crippen LogP contribution in [0.15, 0.2) is 46.9 Å². The molecule has 4 nitrogen and oxygen atoms in total. The van der Waals surface area contributed by atoms with E-state index >= 15 is 0 Å². The maximum absolute atomic E-state index is 13.1. The lowest BCUT2D eigenvalue weighted by molar-refractivity contribution is 0.0785. The van der Waals surface area contributed by atoms with Crippen LogP contribution in [0.2, 0.25) is 0 Å². The van der Waals surface area contributed by atoms with Crippen LogP contribution >= 0.6 is 15.9 Å². The predicted octanol–water partition coefficient (Wildman–Crippen LogP) is 4.92. The van der Waals surface area contributed by atoms with Crippen LogP contribution in [0.25, 0.3) is 0 Å². The summed E-state index contributed by atoms with van der Waals surface area (Å²) in [6, 6.07) is 14.7. The molecule has 0 radical (unpaired) electrons. The van der Waals surface area contributed by atoms with Gasteiger partial charge in [0.2, 0.25) is 0 Å². The number of halogens is 1. The lowest BCUT2D eigenvalue weighted by atomic mass is 10.1. The van der Waals surface area contributed by atoms with Gasteiger partial charge in [-0.1, -0.05) is 28.1 Å². The van der Waals surface area contributed by atoms with Crippen LogP contribution in [0.3, 0.4) is 0 Å². The number of carbonyl (C=O) groups is 1. The molecule has 2 aromatic carbocycles. The largest absolute Gasteiger partial charge is 0.372 e. The zero-order chi connectivity index (χ0) is 19.5. The lowest BCUT2D eigenvalue weighted by Crippen LogP contribution is -2.27. The third-order valence-electron chi connectivity index (χ3n) is 5.75. The number of hydrogen-bond donors (Lipinski definition) is 0. The van der Waals surface area contributed by atoms with Crippen LogP contribution in [0, 0.1) is 0 Å². The molecule has 2 aliphatic rings. The molecule has 0 aromatic heterocycles. The summed E-state index contributed by atoms with van der Waals surface area (Å²) in [5, 5.41) is 0. The van der Waals surface area contributed by atoms with Crippen molar-refractivity contribution in [3.8, 4) is 0 Å². The second kappa shape index (κ2) is 8.56. The molecule has 4 rings (SSSR count). The van der Waals surface area contributed by atoms with Crippen LogP contribution in [-0.2, 0) is 6.54 Å². The van der Waals surface area contributed by atoms with Gasteiger partial charge in [-0.3, -0.25) is 4.79 Å². The van der Waals surface area contributed by atoms with Gasteiger partial charge in [-0.15, -0.1) is 0 Å². The molecule has 2 aromatic rings. The third kappa shape index (κ3) is 4.35. The Labute approximate surface area is 176 Å². The van der Waals surface area contributed by atoms with E-state index in [-0.39, 0.29) is 5.91 Å². The van der Waals surface area contributed by atoms with Gasteiger partial charge in [-0.05, 0) is 61.6 Å². The Hall–Kier alpha value is -2.01. The van der Waals surface area contributed by atoms with E-state index in [9.17, 15) is 4.79 Å². The fraction of sp³-hybridized carbons (Fsp3) is 0.435. The van der Waals surface area contributed by atoms with Crippen LogP contribution in [0.5, 0.6) is 0 Å². The molecule has 28 heavy (non-hydrogen) atoms. The molecule has 0 aliphatic carbocycles. The summed E-state index contributed by atoms with van der Waals surface area (Å²) in [6.07, 6.45) is 4.99. The van der Waals surface area contributed by atoms with Crippen molar-refractivity contribution in [3.05, 3.63) is 58.1 Å². The van der Waals surface area contributed by atoms with Crippen molar-refractivity contribution in [1.29, 1.82) is 0 Å². The molecule has 0 atom stereocenters. The summed E-state index contributed by atoms with van der Waals surface area (Å²) in [4.78, 5) is 19.7. The number of anilines is 2. The van der Waals surface area contributed by atoms with Gasteiger partial charge in [0.25, 0.3) is 5.91 Å². The number of carbonyl (C=O) groups excluding carboxylic acids is 1. The van der Waals surface area contributed by atoms with Gasteiger partial charge in [-0.2, -0.15) is 0 Å². The predicted molar refractivity (Wildman–Crippen MR) is 119 cm³/mol. The van der Waals surface area contributed by atoms with Crippen molar-refractivity contribution in [2.75, 3.05) is 43.0 Å². The van der Waals surface area contributed by atoms with Gasteiger partial charge in [0.1, 0.15) is 0 Å². The topological polar surface area (TPSA) is 26.8 Å². The molecule has 1 amide bonds. The molecule has 0 spiro atoms. The van der Waals surface area contributed by atoms with Crippen molar-refractivity contribution in [3.63, 3.8) is 0 Å². The average molecular weight is 442 g/mol. The first-order chi connectivity index (χ1) is 13.6. The van der Waals surface area contributed by atoms with Crippen molar-refractivity contribution in [2.24, 2.45) is 0 Å². The highest BCUT2D eigenvalue weighted by molar-refractivity contribution is 9.10. The first kappa shape index (κ1) is 19.3. The van der Waals surface area contributed by atoms with E-state index in [1.165, 1.54) is 36.9 Å². The van der Waals surface area contributed by atoms with E-state index in [0.29, 0.717) is 6.54 Å². The molecule has 5 heteroatoms. The summed E-state index contributed by atoms with van der Waals surface area (Å²) in [5.74, 6) is 0.0633. The molecule has 148 valence electrons. The fourth-order valence-corrected chi connectivity index (χ4v) is 4.73. The molecule has 0 saturated carbocycles. The lowest BCUT2D eigenvalue weighted by Gasteiger charge is -2.22. The maximum Gasteiger partial charge on any atom is 0.254 e. The molecule has 0 bridgehead atoms. The van der Waals surface area contributed by atoms with Gasteiger partial charge in [0.05, 0.1) is 0 Å². The number of nitrogens with zero attached hydrogens (tertiary/aromatic N) is 3. The van der Waals surface area contributed by atoms with E-state index in [2.05, 4.69) is 56.1 Å². The standard InChI is InChI=1S/C23H28BrN3O/c1-25(17-18-7-6-8-21(13-18)26-9-2-3-10-26)23(28)19-14-20(24)16-22(15-19)27-11-4-5-12-27/h6-8,13-16H,2-5,9-12,17H2,1H3. The van der Waals surface area contributed by atoms with Crippen molar-refractivity contribution in [1.82, 2.24) is 4.90 Å². The normalized spacial score (nSPS) is 16.6. The number of rotatable bonds is 5. The second-order valence-electron chi connectivity index (χ2n) is 7.92. The average Bonchev–Trinajstić information content (AvgIpc) is 3.41. The van der Waals surface area contributed by atoms with Gasteiger partial charge in [-0.25, -0.2) is 0 Å². The van der Waals surface area contributed by atoms with Gasteiger partial charge >= 0.3 is 0 Å². The molecule has 2 fully saturated rings. The summed E-state index contributed by atoms with van der Waals surface area (Å²) < 4.78 is 0.963. The Morgan fingerprint density at radius 1 is 0.929 bits per heavy atom. The highest BCUT2D eigenvalue weighted by Crippen LogP contribution is 2.27. The van der Waals surface area contributed by atoms with Crippen molar-refractivity contribution < 1.29 is 4.79 Å². The zero-order valence-corrected chi connectivity index (χ0v) is 18.1. The van der Waals surface area contributed by atoms with E-state index < -0.39 is 0 Å². The van der Waals surface area contributed by atoms with Crippen LogP contribution in [0.4, 0.5) is 11.4 Å². The monoisotopic (exact) mass is 441 g/mol. The van der Waals surface area contributed by atoms with Gasteiger partial charge in [0, 0.05) is 61.2 Å². The van der Waals surface area contributed by atoms with Crippen molar-refractivity contribution in [2.45, 2.75) is 32.2 Å². The van der Waals surface area contributed by atoms with E-state index in [1.807, 2.05) is 24.1 Å². The van der Waals surface area contributed by atoms with Crippen LogP contribution in [0.1, 0.15) is 41.6 Å². The van der Waals surface area contributed by atoms with E-state index in [4.69, 9.17) is 0 Å². The van der Waals surface area contributed by atoms with E-state index in [0.717, 1.165) is 41.9 Å². The van der Waals surface area contributed by atoms with Gasteiger partial charge in [0.15, 0.2) is 0 Å². The van der Waals surface area contributed by atoms with Crippen molar-refractivity contribution >= 4 is 33.2 Å². The molecule has 2 heterocycles. The molecule has 2 saturated heterocycles. The summed E-state index contributed by atoms with van der Waals surface area (Å²) in [7, 11) is 1.89. The summed E-state index contributed by atoms with van der Waals surface area (Å²) in [5.41, 5.74) is 4.33. The molecular formula is C23H28BrN3O. The van der Waals surface area contributed by atoms with Gasteiger partial charge < -0.3 is 14.7 Å². The smallest absolute Gasteiger partial charge is 0.254 e. The number of benzene rings is 2. The molecule has 0 N–H and O–H groups in total. The number of hydrogen-bond acceptors (Lipinski definition) is 3. The highest BCUT2D eigenvalue weighted by atomic mass is 79.9. The zero-order valence-electron chi connectivity index (χ0n) is 16.5. The Bertz CT molecular complexity index is 841. The quantitative estimate of drug-likeness (QED) is 0.658. The Balaban J connectivity index is 1.48. The Morgan fingerprint density at radius 3 is 2.25 bits per heavy atom. The van der Waals surface area contributed by atoms with Crippen LogP contribution in [-0.4, -0.2) is 44.0 Å². The minimum absolute atomic E-state index is 0.0633. The van der Waals surface area contributed by atoms with Crippen LogP contribution < -0.4 is 9.80 Å². The minimum atomic E-state index is 0.0633. The Morgan fingerprint density at radius 2 is 1.57 bits per heavy atom. The third-order valence-corrected chi connectivity index (χ3v) is 6.21. The highest BCUT2D eigenvalue weighted by Gasteiger charge is 2.18. The fourth-order valence-electron chi connectivity index (χ4n) is 4.25. The molecule has 0 unspecified atom stereocenters. The first-order valence-corrected chi connectivity index (χ1v) is 11.0. The Kier molecular flexibility index (Phi) is 5.90. The first-order valence-electron chi connectivity index (χ1n) is 10.2. The molecular weight excluding hydrogens is 414 g/mol. The number of amides is 1. The minimum Gasteiger partial charge on any atom is -0.372 e. The summed E-state index contributed by atoms with van der Waals surface area (Å²) >= 11 is 3.59.